The van der Waals surface area contributed by atoms with E-state index in [1.807, 2.05) is 0 Å². The summed E-state index contributed by atoms with van der Waals surface area (Å²) >= 11 is 0. The van der Waals surface area contributed by atoms with Gasteiger partial charge >= 0.3 is 12.1 Å². The summed E-state index contributed by atoms with van der Waals surface area (Å²) in [5.41, 5.74) is -2.38. The third kappa shape index (κ3) is 2.68. The first-order chi connectivity index (χ1) is 7.21. The molecule has 0 saturated carbocycles. The molecule has 1 aromatic rings. The minimum atomic E-state index is -4.87. The fourth-order valence-corrected chi connectivity index (χ4v) is 1.09. The molecule has 0 aliphatic carbocycles. The summed E-state index contributed by atoms with van der Waals surface area (Å²) in [7, 11) is 0. The van der Waals surface area contributed by atoms with Crippen molar-refractivity contribution in [1.82, 2.24) is 0 Å². The molecule has 0 aliphatic heterocycles. The van der Waals surface area contributed by atoms with Crippen LogP contribution in [0.25, 0.3) is 0 Å². The highest BCUT2D eigenvalue weighted by Gasteiger charge is 2.32. The number of halogens is 5. The van der Waals surface area contributed by atoms with Crippen LogP contribution in [-0.2, 0) is 17.4 Å². The summed E-state index contributed by atoms with van der Waals surface area (Å²) in [5.74, 6) is -4.57. The van der Waals surface area contributed by atoms with Crippen molar-refractivity contribution >= 4 is 5.97 Å². The number of carboxylic acid groups (broad SMARTS) is 1. The Bertz CT molecular complexity index is 401. The number of carboxylic acids is 1. The monoisotopic (exact) mass is 240 g/mol. The van der Waals surface area contributed by atoms with E-state index < -0.39 is 41.3 Å². The van der Waals surface area contributed by atoms with Crippen molar-refractivity contribution in [1.29, 1.82) is 0 Å². The van der Waals surface area contributed by atoms with E-state index in [4.69, 9.17) is 5.11 Å². The maximum Gasteiger partial charge on any atom is 0.416 e. The highest BCUT2D eigenvalue weighted by Crippen LogP contribution is 2.31. The molecule has 16 heavy (non-hydrogen) atoms. The summed E-state index contributed by atoms with van der Waals surface area (Å²) in [4.78, 5) is 10.2. The second kappa shape index (κ2) is 4.07. The summed E-state index contributed by atoms with van der Waals surface area (Å²) in [6, 6.07) is 0.142. The molecule has 0 unspecified atom stereocenters. The van der Waals surface area contributed by atoms with Gasteiger partial charge in [-0.25, -0.2) is 8.78 Å². The van der Waals surface area contributed by atoms with Gasteiger partial charge in [-0.3, -0.25) is 4.79 Å². The first-order valence-electron chi connectivity index (χ1n) is 3.98. The molecule has 1 N–H and O–H groups in total. The highest BCUT2D eigenvalue weighted by atomic mass is 19.4. The lowest BCUT2D eigenvalue weighted by molar-refractivity contribution is -0.138. The number of rotatable bonds is 2. The Labute approximate surface area is 86.3 Å². The van der Waals surface area contributed by atoms with Crippen molar-refractivity contribution in [2.75, 3.05) is 0 Å². The molecule has 0 spiro atoms. The van der Waals surface area contributed by atoms with Gasteiger partial charge in [-0.1, -0.05) is 0 Å². The molecule has 7 heteroatoms. The fourth-order valence-electron chi connectivity index (χ4n) is 1.09. The van der Waals surface area contributed by atoms with Crippen LogP contribution < -0.4 is 0 Å². The molecule has 0 saturated heterocycles. The molecule has 0 amide bonds. The minimum absolute atomic E-state index is 0.0708. The number of carbonyl (C=O) groups is 1. The van der Waals surface area contributed by atoms with Crippen molar-refractivity contribution in [3.8, 4) is 0 Å². The standard InChI is InChI=1S/C9H5F5O2/c10-6-1-4(9(12,13)14)2-7(11)5(6)3-8(15)16/h1-2H,3H2,(H,15,16). The maximum absolute atomic E-state index is 13.0. The van der Waals surface area contributed by atoms with Gasteiger partial charge in [0.15, 0.2) is 0 Å². The molecule has 2 nitrogen and oxygen atoms in total. The van der Waals surface area contributed by atoms with Crippen molar-refractivity contribution in [2.24, 2.45) is 0 Å². The number of benzene rings is 1. The predicted octanol–water partition coefficient (Wildman–Crippen LogP) is 2.61. The Hall–Kier alpha value is -1.66. The van der Waals surface area contributed by atoms with Gasteiger partial charge in [-0.15, -0.1) is 0 Å². The Morgan fingerprint density at radius 2 is 1.62 bits per heavy atom. The third-order valence-corrected chi connectivity index (χ3v) is 1.80. The quantitative estimate of drug-likeness (QED) is 0.807. The molecular weight excluding hydrogens is 235 g/mol. The van der Waals surface area contributed by atoms with Crippen LogP contribution in [-0.4, -0.2) is 11.1 Å². The predicted molar refractivity (Wildman–Crippen MR) is 42.7 cm³/mol. The van der Waals surface area contributed by atoms with E-state index in [2.05, 4.69) is 0 Å². The van der Waals surface area contributed by atoms with E-state index in [1.54, 1.807) is 0 Å². The highest BCUT2D eigenvalue weighted by molar-refractivity contribution is 5.70. The number of hydrogen-bond acceptors (Lipinski definition) is 1. The van der Waals surface area contributed by atoms with Gasteiger partial charge in [0.05, 0.1) is 12.0 Å². The SMILES string of the molecule is O=C(O)Cc1c(F)cc(C(F)(F)F)cc1F. The van der Waals surface area contributed by atoms with Crippen LogP contribution >= 0.6 is 0 Å². The average molecular weight is 240 g/mol. The summed E-state index contributed by atoms with van der Waals surface area (Å²) < 4.78 is 62.3. The van der Waals surface area contributed by atoms with Gasteiger partial charge < -0.3 is 5.11 Å². The van der Waals surface area contributed by atoms with E-state index in [0.29, 0.717) is 0 Å². The van der Waals surface area contributed by atoms with Crippen LogP contribution in [0.15, 0.2) is 12.1 Å². The van der Waals surface area contributed by atoms with E-state index in [-0.39, 0.29) is 12.1 Å². The fraction of sp³-hybridized carbons (Fsp3) is 0.222. The lowest BCUT2D eigenvalue weighted by Crippen LogP contribution is -2.10. The van der Waals surface area contributed by atoms with Crippen molar-refractivity contribution in [2.45, 2.75) is 12.6 Å². The zero-order valence-electron chi connectivity index (χ0n) is 7.61. The molecule has 0 atom stereocenters. The second-order valence-electron chi connectivity index (χ2n) is 2.99. The van der Waals surface area contributed by atoms with Crippen LogP contribution in [0.4, 0.5) is 22.0 Å². The van der Waals surface area contributed by atoms with Gasteiger partial charge in [0.25, 0.3) is 0 Å². The number of alkyl halides is 3. The molecule has 0 bridgehead atoms. The van der Waals surface area contributed by atoms with E-state index in [0.717, 1.165) is 0 Å². The van der Waals surface area contributed by atoms with E-state index >= 15 is 0 Å². The van der Waals surface area contributed by atoms with Crippen LogP contribution in [0.1, 0.15) is 11.1 Å². The van der Waals surface area contributed by atoms with E-state index in [1.165, 1.54) is 0 Å². The van der Waals surface area contributed by atoms with Crippen LogP contribution in [0.2, 0.25) is 0 Å². The normalized spacial score (nSPS) is 11.6. The minimum Gasteiger partial charge on any atom is -0.481 e. The number of hydrogen-bond donors (Lipinski definition) is 1. The van der Waals surface area contributed by atoms with Gasteiger partial charge in [-0.05, 0) is 12.1 Å². The first kappa shape index (κ1) is 12.4. The topological polar surface area (TPSA) is 37.3 Å². The summed E-state index contributed by atoms with van der Waals surface area (Å²) in [6.45, 7) is 0. The van der Waals surface area contributed by atoms with Gasteiger partial charge in [0.2, 0.25) is 0 Å². The molecule has 0 aromatic heterocycles. The number of aliphatic carboxylic acids is 1. The first-order valence-corrected chi connectivity index (χ1v) is 3.98. The third-order valence-electron chi connectivity index (χ3n) is 1.80. The van der Waals surface area contributed by atoms with Crippen molar-refractivity contribution in [3.05, 3.63) is 34.9 Å². The van der Waals surface area contributed by atoms with Crippen LogP contribution in [0, 0.1) is 11.6 Å². The van der Waals surface area contributed by atoms with Crippen LogP contribution in [0.3, 0.4) is 0 Å². The molecular formula is C9H5F5O2. The lowest BCUT2D eigenvalue weighted by atomic mass is 10.1. The Morgan fingerprint density at radius 3 is 1.94 bits per heavy atom. The zero-order chi connectivity index (χ0) is 12.5. The average Bonchev–Trinajstić information content (AvgIpc) is 2.09. The van der Waals surface area contributed by atoms with Crippen molar-refractivity contribution < 1.29 is 31.9 Å². The molecule has 0 aliphatic rings. The molecule has 1 aromatic carbocycles. The van der Waals surface area contributed by atoms with Gasteiger partial charge in [0.1, 0.15) is 11.6 Å². The molecule has 0 radical (unpaired) electrons. The smallest absolute Gasteiger partial charge is 0.416 e. The Balaban J connectivity index is 3.23. The lowest BCUT2D eigenvalue weighted by Gasteiger charge is -2.09. The van der Waals surface area contributed by atoms with E-state index in [9.17, 15) is 26.7 Å². The van der Waals surface area contributed by atoms with Gasteiger partial charge in [-0.2, -0.15) is 13.2 Å². The largest absolute Gasteiger partial charge is 0.481 e. The Morgan fingerprint density at radius 1 is 1.19 bits per heavy atom. The zero-order valence-corrected chi connectivity index (χ0v) is 7.61. The molecule has 0 fully saturated rings. The second-order valence-corrected chi connectivity index (χ2v) is 2.99. The van der Waals surface area contributed by atoms with Crippen molar-refractivity contribution in [3.63, 3.8) is 0 Å². The molecule has 0 heterocycles. The van der Waals surface area contributed by atoms with Gasteiger partial charge in [0, 0.05) is 5.56 Å². The Kier molecular flexibility index (Phi) is 3.16. The van der Waals surface area contributed by atoms with Crippen LogP contribution in [0.5, 0.6) is 0 Å². The maximum atomic E-state index is 13.0. The summed E-state index contributed by atoms with van der Waals surface area (Å²) in [6.07, 6.45) is -5.88. The molecule has 88 valence electrons. The molecule has 1 rings (SSSR count). The summed E-state index contributed by atoms with van der Waals surface area (Å²) in [5, 5.41) is 8.29.